The number of rotatable bonds is 6. The number of anilines is 1. The van der Waals surface area contributed by atoms with Crippen molar-refractivity contribution in [1.29, 1.82) is 0 Å². The molecule has 1 aromatic heterocycles. The first-order chi connectivity index (χ1) is 17.8. The minimum Gasteiger partial charge on any atom is -0.302 e. The molecule has 0 saturated carbocycles. The van der Waals surface area contributed by atoms with Gasteiger partial charge < -0.3 is 4.90 Å². The van der Waals surface area contributed by atoms with E-state index in [0.717, 1.165) is 22.5 Å². The van der Waals surface area contributed by atoms with E-state index in [1.54, 1.807) is 33.8 Å². The molecule has 0 unspecified atom stereocenters. The molecule has 0 fully saturated rings. The van der Waals surface area contributed by atoms with Gasteiger partial charge in [-0.3, -0.25) is 9.48 Å². The van der Waals surface area contributed by atoms with Gasteiger partial charge in [0.25, 0.3) is 5.91 Å². The normalized spacial score (nSPS) is 13.8. The molecule has 7 nitrogen and oxygen atoms in total. The zero-order valence-corrected chi connectivity index (χ0v) is 22.2. The highest BCUT2D eigenvalue weighted by molar-refractivity contribution is 7.89. The molecule has 0 atom stereocenters. The van der Waals surface area contributed by atoms with Crippen LogP contribution in [0.4, 0.5) is 5.69 Å². The molecule has 0 spiro atoms. The molecule has 1 aliphatic heterocycles. The molecule has 0 radical (unpaired) electrons. The van der Waals surface area contributed by atoms with E-state index in [-0.39, 0.29) is 23.9 Å². The SMILES string of the molecule is Cc1ccc(S(=O)(=O)N2CCc3c(c(CN(C(=O)c4ccccc4)c4ccccc4)nn3C)C2)cc1Cl. The van der Waals surface area contributed by atoms with E-state index in [0.29, 0.717) is 29.2 Å². The zero-order chi connectivity index (χ0) is 26.2. The summed E-state index contributed by atoms with van der Waals surface area (Å²) in [7, 11) is -1.90. The van der Waals surface area contributed by atoms with Gasteiger partial charge in [-0.05, 0) is 48.9 Å². The van der Waals surface area contributed by atoms with Gasteiger partial charge in [0, 0.05) is 54.1 Å². The largest absolute Gasteiger partial charge is 0.302 e. The minimum absolute atomic E-state index is 0.152. The number of hydrogen-bond acceptors (Lipinski definition) is 4. The Kier molecular flexibility index (Phi) is 6.90. The van der Waals surface area contributed by atoms with Crippen LogP contribution in [0.1, 0.15) is 32.9 Å². The number of para-hydroxylation sites is 1. The second-order valence-corrected chi connectivity index (χ2v) is 11.4. The van der Waals surface area contributed by atoms with E-state index >= 15 is 0 Å². The van der Waals surface area contributed by atoms with Crippen LogP contribution in [0.5, 0.6) is 0 Å². The lowest BCUT2D eigenvalue weighted by atomic mass is 10.1. The third-order valence-corrected chi connectivity index (χ3v) is 8.96. The summed E-state index contributed by atoms with van der Waals surface area (Å²) in [5.74, 6) is -0.152. The number of aromatic nitrogens is 2. The Morgan fingerprint density at radius 1 is 1.03 bits per heavy atom. The number of halogens is 1. The second kappa shape index (κ2) is 10.1. The molecule has 0 bridgehead atoms. The third-order valence-electron chi connectivity index (χ3n) is 6.71. The molecular weight excluding hydrogens is 508 g/mol. The lowest BCUT2D eigenvalue weighted by molar-refractivity contribution is 0.0984. The highest BCUT2D eigenvalue weighted by Gasteiger charge is 2.33. The molecule has 0 saturated heterocycles. The first-order valence-electron chi connectivity index (χ1n) is 12.0. The van der Waals surface area contributed by atoms with Crippen molar-refractivity contribution in [3.8, 4) is 0 Å². The van der Waals surface area contributed by atoms with Crippen LogP contribution in [-0.4, -0.2) is 35.0 Å². The maximum Gasteiger partial charge on any atom is 0.258 e. The number of aryl methyl sites for hydroxylation is 2. The lowest BCUT2D eigenvalue weighted by Crippen LogP contribution is -2.37. The summed E-state index contributed by atoms with van der Waals surface area (Å²) in [4.78, 5) is 15.4. The van der Waals surface area contributed by atoms with Crippen LogP contribution < -0.4 is 4.90 Å². The van der Waals surface area contributed by atoms with Crippen molar-refractivity contribution < 1.29 is 13.2 Å². The molecule has 0 aliphatic carbocycles. The second-order valence-electron chi connectivity index (χ2n) is 9.09. The number of nitrogens with zero attached hydrogens (tertiary/aromatic N) is 4. The van der Waals surface area contributed by atoms with Gasteiger partial charge in [-0.15, -0.1) is 0 Å². The van der Waals surface area contributed by atoms with Crippen LogP contribution in [-0.2, 0) is 36.6 Å². The summed E-state index contributed by atoms with van der Waals surface area (Å²) in [6.07, 6.45) is 0.523. The first-order valence-corrected chi connectivity index (χ1v) is 13.8. The van der Waals surface area contributed by atoms with Crippen molar-refractivity contribution in [2.45, 2.75) is 31.3 Å². The molecular formula is C28H27ClN4O3S. The number of sulfonamides is 1. The molecule has 9 heteroatoms. The van der Waals surface area contributed by atoms with E-state index in [9.17, 15) is 13.2 Å². The van der Waals surface area contributed by atoms with Crippen molar-refractivity contribution in [2.24, 2.45) is 7.05 Å². The summed E-state index contributed by atoms with van der Waals surface area (Å²) >= 11 is 6.23. The molecule has 0 N–H and O–H groups in total. The van der Waals surface area contributed by atoms with Gasteiger partial charge in [0.2, 0.25) is 10.0 Å². The Morgan fingerprint density at radius 3 is 2.38 bits per heavy atom. The maximum absolute atomic E-state index is 13.6. The molecule has 1 amide bonds. The lowest BCUT2D eigenvalue weighted by Gasteiger charge is -2.28. The zero-order valence-electron chi connectivity index (χ0n) is 20.6. The van der Waals surface area contributed by atoms with Gasteiger partial charge in [-0.2, -0.15) is 9.40 Å². The van der Waals surface area contributed by atoms with Crippen molar-refractivity contribution in [3.63, 3.8) is 0 Å². The van der Waals surface area contributed by atoms with E-state index in [1.165, 1.54) is 10.4 Å². The van der Waals surface area contributed by atoms with Gasteiger partial charge >= 0.3 is 0 Å². The fourth-order valence-corrected chi connectivity index (χ4v) is 6.32. The summed E-state index contributed by atoms with van der Waals surface area (Å²) < 4.78 is 30.2. The Hall–Kier alpha value is -3.46. The quantitative estimate of drug-likeness (QED) is 0.350. The number of hydrogen-bond donors (Lipinski definition) is 0. The van der Waals surface area contributed by atoms with E-state index in [1.807, 2.05) is 62.5 Å². The Labute approximate surface area is 222 Å². The van der Waals surface area contributed by atoms with Gasteiger partial charge in [-0.1, -0.05) is 54.1 Å². The number of carbonyl (C=O) groups excluding carboxylic acids is 1. The standard InChI is InChI=1S/C28H27ClN4O3S/c1-20-13-14-23(17-25(20)29)37(35,36)32-16-15-27-24(18-32)26(30-31(27)2)19-33(22-11-7-4-8-12-22)28(34)21-9-5-3-6-10-21/h3-14,17H,15-16,18-19H2,1-2H3. The average molecular weight is 535 g/mol. The molecule has 2 heterocycles. The average Bonchev–Trinajstić information content (AvgIpc) is 3.23. The van der Waals surface area contributed by atoms with Gasteiger partial charge in [0.1, 0.15) is 0 Å². The Morgan fingerprint density at radius 2 is 1.70 bits per heavy atom. The predicted octanol–water partition coefficient (Wildman–Crippen LogP) is 4.98. The Balaban J connectivity index is 1.49. The highest BCUT2D eigenvalue weighted by atomic mass is 35.5. The molecule has 5 rings (SSSR count). The fraction of sp³-hybridized carbons (Fsp3) is 0.214. The number of fused-ring (bicyclic) bond motifs is 1. The molecule has 190 valence electrons. The monoisotopic (exact) mass is 534 g/mol. The smallest absolute Gasteiger partial charge is 0.258 e. The van der Waals surface area contributed by atoms with Crippen molar-refractivity contribution in [3.05, 3.63) is 112 Å². The van der Waals surface area contributed by atoms with Crippen molar-refractivity contribution in [1.82, 2.24) is 14.1 Å². The molecule has 1 aliphatic rings. The minimum atomic E-state index is -3.76. The van der Waals surface area contributed by atoms with Crippen molar-refractivity contribution in [2.75, 3.05) is 11.4 Å². The van der Waals surface area contributed by atoms with E-state index < -0.39 is 10.0 Å². The number of carbonyl (C=O) groups is 1. The number of amides is 1. The molecule has 3 aromatic carbocycles. The van der Waals surface area contributed by atoms with Gasteiger partial charge in [-0.25, -0.2) is 8.42 Å². The topological polar surface area (TPSA) is 75.5 Å². The van der Waals surface area contributed by atoms with E-state index in [2.05, 4.69) is 0 Å². The molecule has 37 heavy (non-hydrogen) atoms. The predicted molar refractivity (Wildman–Crippen MR) is 144 cm³/mol. The third kappa shape index (κ3) is 4.92. The van der Waals surface area contributed by atoms with Gasteiger partial charge in [0.05, 0.1) is 17.1 Å². The van der Waals surface area contributed by atoms with Crippen molar-refractivity contribution >= 4 is 33.2 Å². The van der Waals surface area contributed by atoms with Crippen LogP contribution in [0.15, 0.2) is 83.8 Å². The fourth-order valence-electron chi connectivity index (χ4n) is 4.63. The summed E-state index contributed by atoms with van der Waals surface area (Å²) in [5, 5.41) is 5.14. The van der Waals surface area contributed by atoms with Crippen LogP contribution in [0.2, 0.25) is 5.02 Å². The maximum atomic E-state index is 13.6. The summed E-state index contributed by atoms with van der Waals surface area (Å²) in [6.45, 7) is 2.56. The van der Waals surface area contributed by atoms with Crippen LogP contribution >= 0.6 is 11.6 Å². The van der Waals surface area contributed by atoms with Crippen LogP contribution in [0, 0.1) is 6.92 Å². The van der Waals surface area contributed by atoms with Gasteiger partial charge in [0.15, 0.2) is 0 Å². The highest BCUT2D eigenvalue weighted by Crippen LogP contribution is 2.30. The summed E-state index contributed by atoms with van der Waals surface area (Å²) in [5.41, 5.74) is 4.61. The summed E-state index contributed by atoms with van der Waals surface area (Å²) in [6, 6.07) is 23.3. The van der Waals surface area contributed by atoms with Crippen LogP contribution in [0.25, 0.3) is 0 Å². The Bertz CT molecular complexity index is 1550. The number of benzene rings is 3. The van der Waals surface area contributed by atoms with E-state index in [4.69, 9.17) is 16.7 Å². The first kappa shape index (κ1) is 25.2. The van der Waals surface area contributed by atoms with Crippen LogP contribution in [0.3, 0.4) is 0 Å². The molecule has 4 aromatic rings.